The highest BCUT2D eigenvalue weighted by molar-refractivity contribution is 5.78. The molecule has 0 radical (unpaired) electrons. The molecule has 1 saturated heterocycles. The van der Waals surface area contributed by atoms with Crippen molar-refractivity contribution < 1.29 is 13.6 Å². The molecule has 1 aliphatic rings. The monoisotopic (exact) mass is 500 g/mol. The van der Waals surface area contributed by atoms with Crippen molar-refractivity contribution >= 4 is 5.91 Å². The van der Waals surface area contributed by atoms with E-state index >= 15 is 0 Å². The van der Waals surface area contributed by atoms with Crippen molar-refractivity contribution in [3.05, 3.63) is 70.8 Å². The third-order valence-corrected chi connectivity index (χ3v) is 6.83. The number of carbonyl (C=O) groups excluding carboxylic acids is 1. The number of carbonyl (C=O) groups is 1. The van der Waals surface area contributed by atoms with E-state index in [1.54, 1.807) is 0 Å². The number of piperazine rings is 1. The number of nitrogens with zero attached hydrogens (tertiary/aromatic N) is 2. The zero-order valence-corrected chi connectivity index (χ0v) is 21.9. The van der Waals surface area contributed by atoms with Crippen molar-refractivity contribution in [2.75, 3.05) is 45.8 Å². The molecule has 0 saturated carbocycles. The molecule has 1 amide bonds. The van der Waals surface area contributed by atoms with Gasteiger partial charge in [0.2, 0.25) is 5.91 Å². The van der Waals surface area contributed by atoms with Crippen LogP contribution in [-0.2, 0) is 24.2 Å². The second-order valence-corrected chi connectivity index (χ2v) is 9.86. The molecule has 0 spiro atoms. The average molecular weight is 501 g/mol. The summed E-state index contributed by atoms with van der Waals surface area (Å²) < 4.78 is 27.5. The summed E-state index contributed by atoms with van der Waals surface area (Å²) in [7, 11) is 0. The number of benzene rings is 2. The topological polar surface area (TPSA) is 47.6 Å². The highest BCUT2D eigenvalue weighted by Gasteiger charge is 2.20. The van der Waals surface area contributed by atoms with E-state index in [0.717, 1.165) is 51.8 Å². The molecule has 198 valence electrons. The van der Waals surface area contributed by atoms with E-state index in [1.165, 1.54) is 36.1 Å². The van der Waals surface area contributed by atoms with E-state index in [9.17, 15) is 13.6 Å². The maximum absolute atomic E-state index is 13.8. The molecule has 3 rings (SSSR count). The normalized spacial score (nSPS) is 15.7. The van der Waals surface area contributed by atoms with Gasteiger partial charge >= 0.3 is 0 Å². The zero-order valence-electron chi connectivity index (χ0n) is 21.9. The molecular formula is C29H42F2N4O. The van der Waals surface area contributed by atoms with Crippen molar-refractivity contribution in [1.29, 1.82) is 0 Å². The van der Waals surface area contributed by atoms with Crippen LogP contribution in [0, 0.1) is 11.6 Å². The van der Waals surface area contributed by atoms with Gasteiger partial charge in [-0.2, -0.15) is 0 Å². The van der Waals surface area contributed by atoms with E-state index in [2.05, 4.69) is 58.5 Å². The number of halogens is 2. The predicted octanol–water partition coefficient (Wildman–Crippen LogP) is 4.15. The molecule has 0 bridgehead atoms. The minimum absolute atomic E-state index is 0.0328. The first-order valence-electron chi connectivity index (χ1n) is 13.4. The van der Waals surface area contributed by atoms with Gasteiger partial charge in [0.05, 0.1) is 6.54 Å². The molecule has 7 heteroatoms. The molecule has 2 N–H and O–H groups in total. The third kappa shape index (κ3) is 9.96. The lowest BCUT2D eigenvalue weighted by Gasteiger charge is -2.34. The Hall–Kier alpha value is -2.35. The largest absolute Gasteiger partial charge is 0.352 e. The second kappa shape index (κ2) is 15.0. The van der Waals surface area contributed by atoms with Gasteiger partial charge in [-0.1, -0.05) is 44.5 Å². The lowest BCUT2D eigenvalue weighted by atomic mass is 10.0. The number of aryl methyl sites for hydroxylation is 1. The third-order valence-electron chi connectivity index (χ3n) is 6.83. The van der Waals surface area contributed by atoms with Crippen LogP contribution in [-0.4, -0.2) is 67.6 Å². The maximum atomic E-state index is 13.8. The summed E-state index contributed by atoms with van der Waals surface area (Å²) in [6.07, 6.45) is 4.46. The standard InChI is InChI=1S/C29H42F2N4O/c1-3-5-11-34-12-14-35(15-13-34)22-29(36)33-28(19-25-17-26(30)20-27(31)18-25)9-10-32-21-24-8-6-7-23(4-2)16-24/h6-8,16-18,20,28,32H,3-5,9-15,19,21-22H2,1-2H3,(H,33,36)/t28-/m1/s1. The van der Waals surface area contributed by atoms with Crippen molar-refractivity contribution in [2.24, 2.45) is 0 Å². The van der Waals surface area contributed by atoms with Crippen LogP contribution >= 0.6 is 0 Å². The van der Waals surface area contributed by atoms with Crippen LogP contribution in [0.2, 0.25) is 0 Å². The fourth-order valence-electron chi connectivity index (χ4n) is 4.74. The van der Waals surface area contributed by atoms with Gasteiger partial charge in [0.15, 0.2) is 0 Å². The minimum Gasteiger partial charge on any atom is -0.352 e. The fraction of sp³-hybridized carbons (Fsp3) is 0.552. The first kappa shape index (κ1) is 28.2. The van der Waals surface area contributed by atoms with Gasteiger partial charge in [-0.25, -0.2) is 8.78 Å². The Balaban J connectivity index is 1.51. The van der Waals surface area contributed by atoms with E-state index in [-0.39, 0.29) is 11.9 Å². The van der Waals surface area contributed by atoms with Crippen molar-refractivity contribution in [3.63, 3.8) is 0 Å². The van der Waals surface area contributed by atoms with Crippen molar-refractivity contribution in [2.45, 2.75) is 58.5 Å². The molecule has 0 aliphatic carbocycles. The SMILES string of the molecule is CCCCN1CCN(CC(=O)N[C@H](CCNCc2cccc(CC)c2)Cc2cc(F)cc(F)c2)CC1. The molecule has 0 aromatic heterocycles. The first-order chi connectivity index (χ1) is 17.4. The molecule has 36 heavy (non-hydrogen) atoms. The van der Waals surface area contributed by atoms with E-state index in [1.807, 2.05) is 0 Å². The number of hydrogen-bond acceptors (Lipinski definition) is 4. The number of unbranched alkanes of at least 4 members (excludes halogenated alkanes) is 1. The average Bonchev–Trinajstić information content (AvgIpc) is 2.85. The number of hydrogen-bond donors (Lipinski definition) is 2. The van der Waals surface area contributed by atoms with Crippen molar-refractivity contribution in [1.82, 2.24) is 20.4 Å². The molecule has 1 atom stereocenters. The van der Waals surface area contributed by atoms with E-state index in [0.29, 0.717) is 31.5 Å². The van der Waals surface area contributed by atoms with Gasteiger partial charge in [0, 0.05) is 44.8 Å². The highest BCUT2D eigenvalue weighted by Crippen LogP contribution is 2.12. The zero-order chi connectivity index (χ0) is 25.8. The summed E-state index contributed by atoms with van der Waals surface area (Å²) in [4.78, 5) is 17.5. The number of nitrogens with one attached hydrogen (secondary N) is 2. The van der Waals surface area contributed by atoms with E-state index < -0.39 is 11.6 Å². The Kier molecular flexibility index (Phi) is 11.8. The predicted molar refractivity (Wildman–Crippen MR) is 142 cm³/mol. The molecular weight excluding hydrogens is 458 g/mol. The molecule has 2 aromatic carbocycles. The summed E-state index contributed by atoms with van der Waals surface area (Å²) in [5.41, 5.74) is 3.08. The number of rotatable bonds is 14. The highest BCUT2D eigenvalue weighted by atomic mass is 19.1. The van der Waals surface area contributed by atoms with Gasteiger partial charge in [-0.3, -0.25) is 9.69 Å². The van der Waals surface area contributed by atoms with Gasteiger partial charge in [-0.05, 0) is 67.6 Å². The van der Waals surface area contributed by atoms with Crippen LogP contribution in [0.5, 0.6) is 0 Å². The summed E-state index contributed by atoms with van der Waals surface area (Å²) in [6, 6.07) is 11.9. The van der Waals surface area contributed by atoms with E-state index in [4.69, 9.17) is 0 Å². The molecule has 0 unspecified atom stereocenters. The van der Waals surface area contributed by atoms with Crippen LogP contribution in [0.4, 0.5) is 8.78 Å². The van der Waals surface area contributed by atoms with Crippen LogP contribution in [0.1, 0.15) is 49.8 Å². The Bertz CT molecular complexity index is 926. The van der Waals surface area contributed by atoms with Crippen LogP contribution in [0.3, 0.4) is 0 Å². The van der Waals surface area contributed by atoms with Crippen LogP contribution in [0.25, 0.3) is 0 Å². The quantitative estimate of drug-likeness (QED) is 0.383. The molecule has 1 aliphatic heterocycles. The summed E-state index contributed by atoms with van der Waals surface area (Å²) in [6.45, 7) is 11.0. The van der Waals surface area contributed by atoms with Gasteiger partial charge in [0.25, 0.3) is 0 Å². The Morgan fingerprint density at radius 3 is 2.33 bits per heavy atom. The minimum atomic E-state index is -0.593. The van der Waals surface area contributed by atoms with Gasteiger partial charge in [-0.15, -0.1) is 0 Å². The van der Waals surface area contributed by atoms with Gasteiger partial charge < -0.3 is 15.5 Å². The molecule has 5 nitrogen and oxygen atoms in total. The summed E-state index contributed by atoms with van der Waals surface area (Å²) in [5.74, 6) is -1.22. The molecule has 1 heterocycles. The lowest BCUT2D eigenvalue weighted by Crippen LogP contribution is -2.51. The second-order valence-electron chi connectivity index (χ2n) is 9.86. The molecule has 2 aromatic rings. The molecule has 1 fully saturated rings. The summed E-state index contributed by atoms with van der Waals surface area (Å²) >= 11 is 0. The van der Waals surface area contributed by atoms with Crippen LogP contribution in [0.15, 0.2) is 42.5 Å². The Labute approximate surface area is 215 Å². The van der Waals surface area contributed by atoms with Gasteiger partial charge in [0.1, 0.15) is 11.6 Å². The first-order valence-corrected chi connectivity index (χ1v) is 13.4. The number of amides is 1. The smallest absolute Gasteiger partial charge is 0.234 e. The maximum Gasteiger partial charge on any atom is 0.234 e. The van der Waals surface area contributed by atoms with Crippen molar-refractivity contribution in [3.8, 4) is 0 Å². The Morgan fingerprint density at radius 1 is 0.944 bits per heavy atom. The van der Waals surface area contributed by atoms with Crippen LogP contribution < -0.4 is 10.6 Å². The lowest BCUT2D eigenvalue weighted by molar-refractivity contribution is -0.123. The Morgan fingerprint density at radius 2 is 1.64 bits per heavy atom. The summed E-state index contributed by atoms with van der Waals surface area (Å²) in [5, 5.41) is 6.59. The fourth-order valence-corrected chi connectivity index (χ4v) is 4.74.